The van der Waals surface area contributed by atoms with E-state index in [4.69, 9.17) is 10.8 Å². The molecule has 18 heavy (non-hydrogen) atoms. The average molecular weight is 272 g/mol. The van der Waals surface area contributed by atoms with Gasteiger partial charge in [0.1, 0.15) is 10.9 Å². The molecule has 0 saturated heterocycles. The van der Waals surface area contributed by atoms with Crippen molar-refractivity contribution in [3.63, 3.8) is 0 Å². The number of amides is 2. The molecule has 1 aromatic heterocycles. The van der Waals surface area contributed by atoms with Gasteiger partial charge in [0.15, 0.2) is 0 Å². The molecule has 0 bridgehead atoms. The number of carboxylic acids is 1. The van der Waals surface area contributed by atoms with Crippen LogP contribution in [0.25, 0.3) is 0 Å². The Kier molecular flexibility index (Phi) is 4.72. The number of nitrogens with one attached hydrogen (secondary N) is 1. The summed E-state index contributed by atoms with van der Waals surface area (Å²) < 4.78 is 3.62. The van der Waals surface area contributed by atoms with Crippen molar-refractivity contribution in [1.29, 1.82) is 0 Å². The second-order valence-corrected chi connectivity index (χ2v) is 4.19. The molecular weight excluding hydrogens is 260 g/mol. The Morgan fingerprint density at radius 1 is 1.50 bits per heavy atom. The first-order chi connectivity index (χ1) is 8.45. The Balaban J connectivity index is 2.78. The van der Waals surface area contributed by atoms with Crippen molar-refractivity contribution in [2.45, 2.75) is 25.8 Å². The summed E-state index contributed by atoms with van der Waals surface area (Å²) in [6, 6.07) is -1.35. The first-order valence-electron chi connectivity index (χ1n) is 5.08. The van der Waals surface area contributed by atoms with E-state index in [0.717, 1.165) is 11.5 Å². The highest BCUT2D eigenvalue weighted by Gasteiger charge is 2.25. The molecule has 0 unspecified atom stereocenters. The van der Waals surface area contributed by atoms with Crippen LogP contribution in [0.2, 0.25) is 0 Å². The third-order valence-corrected chi connectivity index (χ3v) is 2.87. The summed E-state index contributed by atoms with van der Waals surface area (Å²) in [6.07, 6.45) is 0.0432. The zero-order valence-corrected chi connectivity index (χ0v) is 10.4. The number of nitrogens with zero attached hydrogens (tertiary/aromatic N) is 2. The molecule has 4 N–H and O–H groups in total. The number of carbonyl (C=O) groups excluding carboxylic acids is 2. The zero-order valence-electron chi connectivity index (χ0n) is 9.54. The molecule has 0 aliphatic heterocycles. The van der Waals surface area contributed by atoms with Crippen LogP contribution >= 0.6 is 11.5 Å². The number of hydrogen-bond donors (Lipinski definition) is 3. The molecule has 0 radical (unpaired) electrons. The molecule has 0 fully saturated rings. The predicted octanol–water partition coefficient (Wildman–Crippen LogP) is -0.841. The summed E-state index contributed by atoms with van der Waals surface area (Å²) >= 11 is 0.873. The Bertz CT molecular complexity index is 473. The van der Waals surface area contributed by atoms with Crippen LogP contribution < -0.4 is 11.1 Å². The average Bonchev–Trinajstić information content (AvgIpc) is 2.75. The van der Waals surface area contributed by atoms with Crippen LogP contribution in [-0.2, 0) is 16.0 Å². The van der Waals surface area contributed by atoms with E-state index in [1.807, 2.05) is 0 Å². The molecule has 0 aliphatic carbocycles. The van der Waals surface area contributed by atoms with Gasteiger partial charge in [0, 0.05) is 0 Å². The Morgan fingerprint density at radius 3 is 2.67 bits per heavy atom. The van der Waals surface area contributed by atoms with E-state index in [0.29, 0.717) is 12.1 Å². The van der Waals surface area contributed by atoms with E-state index in [2.05, 4.69) is 14.9 Å². The molecule has 0 aliphatic rings. The molecule has 9 heteroatoms. The van der Waals surface area contributed by atoms with E-state index in [-0.39, 0.29) is 4.88 Å². The summed E-state index contributed by atoms with van der Waals surface area (Å²) in [6.45, 7) is 1.80. The van der Waals surface area contributed by atoms with Gasteiger partial charge in [0.25, 0.3) is 5.91 Å². The van der Waals surface area contributed by atoms with Gasteiger partial charge in [-0.05, 0) is 18.0 Å². The third kappa shape index (κ3) is 3.48. The molecule has 1 rings (SSSR count). The summed E-state index contributed by atoms with van der Waals surface area (Å²) in [5.74, 6) is -2.74. The Morgan fingerprint density at radius 2 is 2.17 bits per heavy atom. The van der Waals surface area contributed by atoms with Crippen molar-refractivity contribution in [2.24, 2.45) is 5.73 Å². The standard InChI is InChI=1S/C9H12N4O4S/c1-2-4-7(18-13-12-4)8(15)11-5(9(16)17)3-6(10)14/h5H,2-3H2,1H3,(H2,10,14)(H,11,15)(H,16,17)/t5-/m0/s1. The van der Waals surface area contributed by atoms with E-state index in [1.165, 1.54) is 0 Å². The first-order valence-corrected chi connectivity index (χ1v) is 5.86. The minimum absolute atomic E-state index is 0.244. The molecule has 0 spiro atoms. The SMILES string of the molecule is CCc1nnsc1C(=O)N[C@@H](CC(N)=O)C(=O)O. The van der Waals surface area contributed by atoms with Crippen molar-refractivity contribution >= 4 is 29.3 Å². The van der Waals surface area contributed by atoms with Gasteiger partial charge in [-0.3, -0.25) is 9.59 Å². The van der Waals surface area contributed by atoms with E-state index < -0.39 is 30.2 Å². The van der Waals surface area contributed by atoms with Crippen LogP contribution in [0.1, 0.15) is 28.7 Å². The largest absolute Gasteiger partial charge is 0.480 e. The monoisotopic (exact) mass is 272 g/mol. The maximum Gasteiger partial charge on any atom is 0.326 e. The van der Waals surface area contributed by atoms with Gasteiger partial charge in [-0.2, -0.15) is 0 Å². The number of nitrogens with two attached hydrogens (primary N) is 1. The smallest absolute Gasteiger partial charge is 0.326 e. The lowest BCUT2D eigenvalue weighted by Crippen LogP contribution is -2.43. The summed E-state index contributed by atoms with van der Waals surface area (Å²) in [5.41, 5.74) is 5.39. The number of rotatable bonds is 6. The number of carbonyl (C=O) groups is 3. The molecule has 0 aromatic carbocycles. The number of carboxylic acid groups (broad SMARTS) is 1. The van der Waals surface area contributed by atoms with Crippen molar-refractivity contribution in [2.75, 3.05) is 0 Å². The van der Waals surface area contributed by atoms with Gasteiger partial charge in [-0.15, -0.1) is 5.10 Å². The minimum Gasteiger partial charge on any atom is -0.480 e. The molecule has 1 aromatic rings. The second kappa shape index (κ2) is 6.05. The Hall–Kier alpha value is -2.03. The van der Waals surface area contributed by atoms with Crippen LogP contribution in [0.3, 0.4) is 0 Å². The number of hydrogen-bond acceptors (Lipinski definition) is 6. The van der Waals surface area contributed by atoms with Crippen molar-refractivity contribution in [3.05, 3.63) is 10.6 Å². The first kappa shape index (κ1) is 14.0. The van der Waals surface area contributed by atoms with E-state index in [1.54, 1.807) is 6.92 Å². The number of aryl methyl sites for hydroxylation is 1. The number of aromatic nitrogens is 2. The van der Waals surface area contributed by atoms with Gasteiger partial charge >= 0.3 is 5.97 Å². The molecule has 1 heterocycles. The highest BCUT2D eigenvalue weighted by atomic mass is 32.1. The van der Waals surface area contributed by atoms with Gasteiger partial charge < -0.3 is 16.2 Å². The van der Waals surface area contributed by atoms with Gasteiger partial charge in [-0.1, -0.05) is 11.4 Å². The molecule has 98 valence electrons. The lowest BCUT2D eigenvalue weighted by Gasteiger charge is -2.11. The highest BCUT2D eigenvalue weighted by molar-refractivity contribution is 7.08. The lowest BCUT2D eigenvalue weighted by atomic mass is 10.2. The molecular formula is C9H12N4O4S. The van der Waals surface area contributed by atoms with Gasteiger partial charge in [-0.25, -0.2) is 4.79 Å². The van der Waals surface area contributed by atoms with Crippen LogP contribution in [0, 0.1) is 0 Å². The van der Waals surface area contributed by atoms with Crippen LogP contribution in [0.15, 0.2) is 0 Å². The fraction of sp³-hybridized carbons (Fsp3) is 0.444. The summed E-state index contributed by atoms with van der Waals surface area (Å²) in [7, 11) is 0. The molecule has 0 saturated carbocycles. The van der Waals surface area contributed by atoms with Crippen LogP contribution in [0.5, 0.6) is 0 Å². The maximum atomic E-state index is 11.8. The highest BCUT2D eigenvalue weighted by Crippen LogP contribution is 2.11. The number of primary amides is 1. The summed E-state index contributed by atoms with van der Waals surface area (Å²) in [4.78, 5) is 33.6. The molecule has 1 atom stereocenters. The fourth-order valence-corrected chi connectivity index (χ4v) is 1.89. The van der Waals surface area contributed by atoms with Crippen molar-refractivity contribution < 1.29 is 19.5 Å². The minimum atomic E-state index is -1.35. The molecule has 2 amide bonds. The number of aliphatic carboxylic acids is 1. The summed E-state index contributed by atoms with van der Waals surface area (Å²) in [5, 5.41) is 14.8. The van der Waals surface area contributed by atoms with Gasteiger partial charge in [0.05, 0.1) is 12.1 Å². The predicted molar refractivity (Wildman–Crippen MR) is 62.0 cm³/mol. The topological polar surface area (TPSA) is 135 Å². The van der Waals surface area contributed by atoms with Gasteiger partial charge in [0.2, 0.25) is 5.91 Å². The quantitative estimate of drug-likeness (QED) is 0.617. The zero-order chi connectivity index (χ0) is 13.7. The van der Waals surface area contributed by atoms with E-state index >= 15 is 0 Å². The van der Waals surface area contributed by atoms with Crippen molar-refractivity contribution in [3.8, 4) is 0 Å². The van der Waals surface area contributed by atoms with Crippen LogP contribution in [-0.4, -0.2) is 38.5 Å². The van der Waals surface area contributed by atoms with E-state index in [9.17, 15) is 14.4 Å². The molecule has 8 nitrogen and oxygen atoms in total. The third-order valence-electron chi connectivity index (χ3n) is 2.11. The van der Waals surface area contributed by atoms with Crippen LogP contribution in [0.4, 0.5) is 0 Å². The fourth-order valence-electron chi connectivity index (χ4n) is 1.24. The Labute approximate surface area is 106 Å². The normalized spacial score (nSPS) is 11.8. The lowest BCUT2D eigenvalue weighted by molar-refractivity contribution is -0.140. The maximum absolute atomic E-state index is 11.8. The second-order valence-electron chi connectivity index (χ2n) is 3.44. The van der Waals surface area contributed by atoms with Crippen molar-refractivity contribution in [1.82, 2.24) is 14.9 Å².